The summed E-state index contributed by atoms with van der Waals surface area (Å²) in [4.78, 5) is 6.17. The van der Waals surface area contributed by atoms with Gasteiger partial charge < -0.3 is 4.57 Å². The molecule has 0 saturated heterocycles. The van der Waals surface area contributed by atoms with Crippen LogP contribution < -0.4 is 0 Å². The first-order valence-corrected chi connectivity index (χ1v) is 7.76. The van der Waals surface area contributed by atoms with E-state index in [4.69, 9.17) is 4.98 Å². The van der Waals surface area contributed by atoms with Crippen LogP contribution in [0.25, 0.3) is 16.9 Å². The Kier molecular flexibility index (Phi) is 2.85. The highest BCUT2D eigenvalue weighted by Crippen LogP contribution is 2.32. The molecule has 1 aliphatic heterocycles. The van der Waals surface area contributed by atoms with Gasteiger partial charge in [-0.1, -0.05) is 42.5 Å². The van der Waals surface area contributed by atoms with Gasteiger partial charge in [0.1, 0.15) is 5.82 Å². The highest BCUT2D eigenvalue weighted by molar-refractivity contribution is 7.99. The molecule has 0 amide bonds. The van der Waals surface area contributed by atoms with E-state index in [0.717, 1.165) is 23.7 Å². The molecular weight excluding hydrogens is 264 g/mol. The molecule has 2 nitrogen and oxygen atoms in total. The third-order valence-corrected chi connectivity index (χ3v) is 4.62. The van der Waals surface area contributed by atoms with Crippen molar-refractivity contribution in [2.75, 3.05) is 5.75 Å². The number of nitrogens with zero attached hydrogens (tertiary/aromatic N) is 2. The lowest BCUT2D eigenvalue weighted by Gasteiger charge is -2.07. The number of imidazole rings is 1. The zero-order chi connectivity index (χ0) is 13.4. The molecule has 2 heterocycles. The minimum atomic E-state index is 1.01. The molecule has 3 aromatic rings. The van der Waals surface area contributed by atoms with Crippen LogP contribution in [-0.2, 0) is 6.42 Å². The first-order valence-electron chi connectivity index (χ1n) is 6.78. The summed E-state index contributed by atoms with van der Waals surface area (Å²) in [5.41, 5.74) is 3.49. The van der Waals surface area contributed by atoms with E-state index < -0.39 is 0 Å². The van der Waals surface area contributed by atoms with Gasteiger partial charge in [0.15, 0.2) is 0 Å². The van der Waals surface area contributed by atoms with Gasteiger partial charge in [-0.05, 0) is 12.1 Å². The van der Waals surface area contributed by atoms with Crippen molar-refractivity contribution >= 4 is 11.8 Å². The van der Waals surface area contributed by atoms with Crippen LogP contribution in [-0.4, -0.2) is 15.3 Å². The Morgan fingerprint density at radius 1 is 0.950 bits per heavy atom. The number of benzene rings is 2. The van der Waals surface area contributed by atoms with E-state index in [1.54, 1.807) is 0 Å². The Morgan fingerprint density at radius 2 is 1.75 bits per heavy atom. The van der Waals surface area contributed by atoms with Crippen LogP contribution in [0, 0.1) is 0 Å². The molecule has 20 heavy (non-hydrogen) atoms. The number of aryl methyl sites for hydroxylation is 1. The number of fused-ring (bicyclic) bond motifs is 3. The fourth-order valence-corrected chi connectivity index (χ4v) is 3.58. The third kappa shape index (κ3) is 1.95. The maximum Gasteiger partial charge on any atom is 0.114 e. The Morgan fingerprint density at radius 3 is 2.65 bits per heavy atom. The lowest BCUT2D eigenvalue weighted by molar-refractivity contribution is 0.897. The van der Waals surface area contributed by atoms with Crippen LogP contribution in [0.2, 0.25) is 0 Å². The van der Waals surface area contributed by atoms with E-state index in [1.165, 1.54) is 16.1 Å². The maximum atomic E-state index is 4.83. The summed E-state index contributed by atoms with van der Waals surface area (Å²) in [7, 11) is 0. The van der Waals surface area contributed by atoms with E-state index in [1.807, 2.05) is 17.8 Å². The van der Waals surface area contributed by atoms with Crippen LogP contribution in [0.5, 0.6) is 0 Å². The van der Waals surface area contributed by atoms with Gasteiger partial charge >= 0.3 is 0 Å². The molecule has 0 spiro atoms. The summed E-state index contributed by atoms with van der Waals surface area (Å²) < 4.78 is 2.25. The van der Waals surface area contributed by atoms with Crippen molar-refractivity contribution < 1.29 is 0 Å². The van der Waals surface area contributed by atoms with Crippen LogP contribution in [0.3, 0.4) is 0 Å². The smallest absolute Gasteiger partial charge is 0.114 e. The van der Waals surface area contributed by atoms with E-state index in [0.29, 0.717) is 0 Å². The van der Waals surface area contributed by atoms with Gasteiger partial charge in [0, 0.05) is 28.8 Å². The van der Waals surface area contributed by atoms with Crippen molar-refractivity contribution in [3.05, 3.63) is 66.6 Å². The topological polar surface area (TPSA) is 17.8 Å². The highest BCUT2D eigenvalue weighted by atomic mass is 32.2. The average Bonchev–Trinajstić information content (AvgIpc) is 2.85. The van der Waals surface area contributed by atoms with Crippen molar-refractivity contribution in [1.29, 1.82) is 0 Å². The van der Waals surface area contributed by atoms with Gasteiger partial charge in [-0.25, -0.2) is 4.98 Å². The van der Waals surface area contributed by atoms with Crippen LogP contribution in [0.1, 0.15) is 5.82 Å². The molecule has 0 aliphatic carbocycles. The zero-order valence-electron chi connectivity index (χ0n) is 11.0. The second-order valence-corrected chi connectivity index (χ2v) is 5.98. The number of para-hydroxylation sites is 1. The Labute approximate surface area is 122 Å². The predicted molar refractivity (Wildman–Crippen MR) is 83.4 cm³/mol. The summed E-state index contributed by atoms with van der Waals surface area (Å²) in [5, 5.41) is 0. The zero-order valence-corrected chi connectivity index (χ0v) is 11.8. The van der Waals surface area contributed by atoms with E-state index in [-0.39, 0.29) is 0 Å². The number of hydrogen-bond acceptors (Lipinski definition) is 2. The van der Waals surface area contributed by atoms with Gasteiger partial charge in [0.25, 0.3) is 0 Å². The van der Waals surface area contributed by atoms with Gasteiger partial charge in [-0.15, -0.1) is 11.8 Å². The van der Waals surface area contributed by atoms with Crippen LogP contribution in [0.4, 0.5) is 0 Å². The molecule has 0 N–H and O–H groups in total. The lowest BCUT2D eigenvalue weighted by atomic mass is 10.2. The van der Waals surface area contributed by atoms with Crippen molar-refractivity contribution in [3.63, 3.8) is 0 Å². The SMILES string of the molecule is c1ccc(-c2cn3c(n2)CCSc2ccccc2-3)cc1. The summed E-state index contributed by atoms with van der Waals surface area (Å²) in [6.45, 7) is 0. The predicted octanol–water partition coefficient (Wildman–Crippen LogP) is 4.19. The quantitative estimate of drug-likeness (QED) is 0.664. The number of thioether (sulfide) groups is 1. The molecule has 1 aliphatic rings. The molecule has 3 heteroatoms. The van der Waals surface area contributed by atoms with E-state index in [2.05, 4.69) is 59.3 Å². The summed E-state index contributed by atoms with van der Waals surface area (Å²) in [5.74, 6) is 2.24. The molecule has 98 valence electrons. The highest BCUT2D eigenvalue weighted by Gasteiger charge is 2.16. The fraction of sp³-hybridized carbons (Fsp3) is 0.118. The molecule has 0 unspecified atom stereocenters. The molecular formula is C17H14N2S. The van der Waals surface area contributed by atoms with Crippen molar-refractivity contribution in [1.82, 2.24) is 9.55 Å². The minimum absolute atomic E-state index is 1.01. The second kappa shape index (κ2) is 4.84. The van der Waals surface area contributed by atoms with E-state index in [9.17, 15) is 0 Å². The summed E-state index contributed by atoms with van der Waals surface area (Å²) in [6, 6.07) is 18.9. The maximum absolute atomic E-state index is 4.83. The van der Waals surface area contributed by atoms with Gasteiger partial charge in [-0.2, -0.15) is 0 Å². The molecule has 0 fully saturated rings. The molecule has 0 atom stereocenters. The standard InChI is InChI=1S/C17H14N2S/c1-2-6-13(7-3-1)14-12-19-15-8-4-5-9-16(15)20-11-10-17(19)18-14/h1-9,12H,10-11H2. The number of rotatable bonds is 1. The average molecular weight is 278 g/mol. The Hall–Kier alpha value is -2.00. The van der Waals surface area contributed by atoms with Crippen molar-refractivity contribution in [2.45, 2.75) is 11.3 Å². The fourth-order valence-electron chi connectivity index (χ4n) is 2.58. The minimum Gasteiger partial charge on any atom is -0.302 e. The van der Waals surface area contributed by atoms with Crippen molar-refractivity contribution in [2.24, 2.45) is 0 Å². The van der Waals surface area contributed by atoms with Crippen molar-refractivity contribution in [3.8, 4) is 16.9 Å². The summed E-state index contributed by atoms with van der Waals surface area (Å²) >= 11 is 1.91. The van der Waals surface area contributed by atoms with Crippen LogP contribution >= 0.6 is 11.8 Å². The molecule has 1 aromatic heterocycles. The molecule has 2 aromatic carbocycles. The number of hydrogen-bond donors (Lipinski definition) is 0. The first-order chi connectivity index (χ1) is 9.92. The van der Waals surface area contributed by atoms with Gasteiger partial charge in [0.05, 0.1) is 11.4 Å². The number of aromatic nitrogens is 2. The van der Waals surface area contributed by atoms with Crippen LogP contribution in [0.15, 0.2) is 65.7 Å². The lowest BCUT2D eigenvalue weighted by Crippen LogP contribution is -1.98. The molecule has 4 rings (SSSR count). The Balaban J connectivity index is 1.88. The molecule has 0 saturated carbocycles. The third-order valence-electron chi connectivity index (χ3n) is 3.56. The van der Waals surface area contributed by atoms with Gasteiger partial charge in [-0.3, -0.25) is 0 Å². The summed E-state index contributed by atoms with van der Waals surface area (Å²) in [6.07, 6.45) is 3.17. The van der Waals surface area contributed by atoms with Gasteiger partial charge in [0.2, 0.25) is 0 Å². The molecule has 0 radical (unpaired) electrons. The molecule has 0 bridgehead atoms. The van der Waals surface area contributed by atoms with E-state index >= 15 is 0 Å². The monoisotopic (exact) mass is 278 g/mol. The first kappa shape index (κ1) is 11.8. The largest absolute Gasteiger partial charge is 0.302 e. The Bertz CT molecular complexity index is 747. The second-order valence-electron chi connectivity index (χ2n) is 4.84. The normalized spacial score (nSPS) is 13.4.